The summed E-state index contributed by atoms with van der Waals surface area (Å²) in [7, 11) is 0. The van der Waals surface area contributed by atoms with Crippen molar-refractivity contribution < 1.29 is 19.1 Å². The maximum Gasteiger partial charge on any atom is 0.252 e. The number of hydrogen-bond donors (Lipinski definition) is 2. The van der Waals surface area contributed by atoms with Crippen LogP contribution in [0.1, 0.15) is 26.7 Å². The van der Waals surface area contributed by atoms with Gasteiger partial charge in [-0.1, -0.05) is 0 Å². The normalized spacial score (nSPS) is 29.7. The molecule has 0 bridgehead atoms. The summed E-state index contributed by atoms with van der Waals surface area (Å²) in [5.41, 5.74) is 5.57. The van der Waals surface area contributed by atoms with Gasteiger partial charge in [0.15, 0.2) is 0 Å². The fourth-order valence-electron chi connectivity index (χ4n) is 2.71. The zero-order valence-corrected chi connectivity index (χ0v) is 12.7. The van der Waals surface area contributed by atoms with Gasteiger partial charge in [-0.3, -0.25) is 9.59 Å². The fourth-order valence-corrected chi connectivity index (χ4v) is 2.71. The Morgan fingerprint density at radius 1 is 1.38 bits per heavy atom. The third-order valence-electron chi connectivity index (χ3n) is 3.79. The average Bonchev–Trinajstić information content (AvgIpc) is 2.94. The molecule has 2 fully saturated rings. The summed E-state index contributed by atoms with van der Waals surface area (Å²) in [5.74, 6) is -0.301. The van der Waals surface area contributed by atoms with E-state index in [-0.39, 0.29) is 30.6 Å². The Kier molecular flexibility index (Phi) is 5.55. The molecule has 3 N–H and O–H groups in total. The Bertz CT molecular complexity index is 388. The second-order valence-electron chi connectivity index (χ2n) is 5.85. The molecule has 7 heteroatoms. The van der Waals surface area contributed by atoms with Gasteiger partial charge in [0.25, 0.3) is 5.91 Å². The summed E-state index contributed by atoms with van der Waals surface area (Å²) < 4.78 is 11.0. The number of hydrogen-bond acceptors (Lipinski definition) is 5. The number of nitrogens with one attached hydrogen (secondary N) is 1. The van der Waals surface area contributed by atoms with Crippen molar-refractivity contribution in [3.8, 4) is 0 Å². The van der Waals surface area contributed by atoms with Crippen molar-refractivity contribution in [2.24, 2.45) is 5.73 Å². The topological polar surface area (TPSA) is 93.9 Å². The van der Waals surface area contributed by atoms with Crippen LogP contribution in [0, 0.1) is 0 Å². The first-order valence-electron chi connectivity index (χ1n) is 7.57. The predicted octanol–water partition coefficient (Wildman–Crippen LogP) is -0.755. The molecule has 2 amide bonds. The second kappa shape index (κ2) is 7.20. The summed E-state index contributed by atoms with van der Waals surface area (Å²) in [5, 5.41) is 2.83. The number of amides is 2. The molecular weight excluding hydrogens is 274 g/mol. The van der Waals surface area contributed by atoms with Crippen LogP contribution in [-0.2, 0) is 19.1 Å². The van der Waals surface area contributed by atoms with Crippen LogP contribution in [0.25, 0.3) is 0 Å². The van der Waals surface area contributed by atoms with Gasteiger partial charge in [0.05, 0.1) is 19.3 Å². The molecule has 0 aromatic heterocycles. The van der Waals surface area contributed by atoms with E-state index in [1.54, 1.807) is 4.90 Å². The number of carbonyl (C=O) groups is 2. The molecular formula is C14H25N3O4. The third-order valence-corrected chi connectivity index (χ3v) is 3.79. The van der Waals surface area contributed by atoms with Gasteiger partial charge in [0.1, 0.15) is 12.1 Å². The second-order valence-corrected chi connectivity index (χ2v) is 5.85. The van der Waals surface area contributed by atoms with Gasteiger partial charge in [-0.25, -0.2) is 0 Å². The van der Waals surface area contributed by atoms with Crippen molar-refractivity contribution in [2.75, 3.05) is 26.3 Å². The van der Waals surface area contributed by atoms with E-state index < -0.39 is 12.1 Å². The molecule has 0 aromatic carbocycles. The number of morpholine rings is 1. The van der Waals surface area contributed by atoms with Crippen LogP contribution in [0.2, 0.25) is 0 Å². The van der Waals surface area contributed by atoms with Crippen molar-refractivity contribution in [1.82, 2.24) is 10.2 Å². The minimum atomic E-state index is -0.575. The highest BCUT2D eigenvalue weighted by atomic mass is 16.5. The van der Waals surface area contributed by atoms with E-state index in [2.05, 4.69) is 5.32 Å². The summed E-state index contributed by atoms with van der Waals surface area (Å²) in [6.45, 7) is 5.30. The molecule has 21 heavy (non-hydrogen) atoms. The number of nitrogens with zero attached hydrogens (tertiary/aromatic N) is 1. The van der Waals surface area contributed by atoms with Gasteiger partial charge in [0.2, 0.25) is 5.91 Å². The number of ether oxygens (including phenoxy) is 2. The lowest BCUT2D eigenvalue weighted by atomic mass is 10.1. The molecule has 2 aliphatic rings. The van der Waals surface area contributed by atoms with E-state index in [1.807, 2.05) is 13.8 Å². The molecule has 2 heterocycles. The molecule has 2 rings (SSSR count). The Labute approximate surface area is 125 Å². The van der Waals surface area contributed by atoms with Crippen LogP contribution in [0.15, 0.2) is 0 Å². The molecule has 0 spiro atoms. The maximum atomic E-state index is 12.6. The first-order valence-corrected chi connectivity index (χ1v) is 7.57. The van der Waals surface area contributed by atoms with Crippen molar-refractivity contribution in [3.63, 3.8) is 0 Å². The standard InChI is InChI=1S/C14H25N3O4/c1-9(2)16-13(18)11-8-20-6-5-17(11)14(19)12-4-3-10(7-15)21-12/h9-12H,3-8,15H2,1-2H3,(H,16,18). The number of rotatable bonds is 4. The molecule has 0 saturated carbocycles. The smallest absolute Gasteiger partial charge is 0.252 e. The first kappa shape index (κ1) is 16.2. The van der Waals surface area contributed by atoms with Gasteiger partial charge in [-0.2, -0.15) is 0 Å². The van der Waals surface area contributed by atoms with E-state index in [4.69, 9.17) is 15.2 Å². The van der Waals surface area contributed by atoms with E-state index in [0.717, 1.165) is 6.42 Å². The summed E-state index contributed by atoms with van der Waals surface area (Å²) >= 11 is 0. The quantitative estimate of drug-likeness (QED) is 0.712. The highest BCUT2D eigenvalue weighted by Gasteiger charge is 2.39. The van der Waals surface area contributed by atoms with Crippen molar-refractivity contribution in [3.05, 3.63) is 0 Å². The molecule has 120 valence electrons. The van der Waals surface area contributed by atoms with Crippen LogP contribution in [0.3, 0.4) is 0 Å². The zero-order valence-electron chi connectivity index (χ0n) is 12.7. The highest BCUT2D eigenvalue weighted by molar-refractivity contribution is 5.90. The van der Waals surface area contributed by atoms with E-state index >= 15 is 0 Å². The highest BCUT2D eigenvalue weighted by Crippen LogP contribution is 2.22. The summed E-state index contributed by atoms with van der Waals surface area (Å²) in [6, 6.07) is -0.546. The van der Waals surface area contributed by atoms with Crippen LogP contribution in [-0.4, -0.2) is 67.3 Å². The molecule has 2 aliphatic heterocycles. The maximum absolute atomic E-state index is 12.6. The molecule has 0 aliphatic carbocycles. The summed E-state index contributed by atoms with van der Waals surface area (Å²) in [6.07, 6.45) is 0.922. The van der Waals surface area contributed by atoms with Crippen molar-refractivity contribution in [1.29, 1.82) is 0 Å². The van der Waals surface area contributed by atoms with Crippen molar-refractivity contribution >= 4 is 11.8 Å². The van der Waals surface area contributed by atoms with Crippen LogP contribution in [0.4, 0.5) is 0 Å². The molecule has 7 nitrogen and oxygen atoms in total. The number of carbonyl (C=O) groups excluding carboxylic acids is 2. The Morgan fingerprint density at radius 2 is 2.14 bits per heavy atom. The third kappa shape index (κ3) is 3.93. The Balaban J connectivity index is 2.01. The Hall–Kier alpha value is -1.18. The largest absolute Gasteiger partial charge is 0.377 e. The van der Waals surface area contributed by atoms with Crippen LogP contribution in [0.5, 0.6) is 0 Å². The predicted molar refractivity (Wildman–Crippen MR) is 76.5 cm³/mol. The lowest BCUT2D eigenvalue weighted by Gasteiger charge is -2.36. The molecule has 2 saturated heterocycles. The molecule has 3 unspecified atom stereocenters. The first-order chi connectivity index (χ1) is 10.0. The summed E-state index contributed by atoms with van der Waals surface area (Å²) in [4.78, 5) is 26.4. The molecule has 3 atom stereocenters. The van der Waals surface area contributed by atoms with Gasteiger partial charge < -0.3 is 25.4 Å². The van der Waals surface area contributed by atoms with Crippen molar-refractivity contribution in [2.45, 2.75) is 51.0 Å². The lowest BCUT2D eigenvalue weighted by molar-refractivity contribution is -0.156. The number of nitrogens with two attached hydrogens (primary N) is 1. The minimum absolute atomic E-state index is 0.0285. The van der Waals surface area contributed by atoms with Gasteiger partial charge in [-0.15, -0.1) is 0 Å². The van der Waals surface area contributed by atoms with E-state index in [0.29, 0.717) is 26.1 Å². The Morgan fingerprint density at radius 3 is 2.76 bits per heavy atom. The monoisotopic (exact) mass is 299 g/mol. The van der Waals surface area contributed by atoms with Gasteiger partial charge in [0, 0.05) is 19.1 Å². The van der Waals surface area contributed by atoms with Crippen LogP contribution < -0.4 is 11.1 Å². The van der Waals surface area contributed by atoms with E-state index in [1.165, 1.54) is 0 Å². The van der Waals surface area contributed by atoms with Crippen LogP contribution >= 0.6 is 0 Å². The van der Waals surface area contributed by atoms with Gasteiger partial charge >= 0.3 is 0 Å². The SMILES string of the molecule is CC(C)NC(=O)C1COCCN1C(=O)C1CCC(CN)O1. The lowest BCUT2D eigenvalue weighted by Crippen LogP contribution is -2.58. The zero-order chi connectivity index (χ0) is 15.4. The van der Waals surface area contributed by atoms with Gasteiger partial charge in [-0.05, 0) is 26.7 Å². The molecule has 0 radical (unpaired) electrons. The molecule has 0 aromatic rings. The average molecular weight is 299 g/mol. The van der Waals surface area contributed by atoms with E-state index in [9.17, 15) is 9.59 Å². The minimum Gasteiger partial charge on any atom is -0.377 e. The fraction of sp³-hybridized carbons (Fsp3) is 0.857.